The molecule has 1 fully saturated rings. The van der Waals surface area contributed by atoms with Crippen LogP contribution in [0.25, 0.3) is 0 Å². The summed E-state index contributed by atoms with van der Waals surface area (Å²) in [4.78, 5) is 37.0. The van der Waals surface area contributed by atoms with Crippen molar-refractivity contribution >= 4 is 17.8 Å². The van der Waals surface area contributed by atoms with Crippen molar-refractivity contribution in [3.8, 4) is 0 Å². The van der Waals surface area contributed by atoms with Crippen molar-refractivity contribution in [3.63, 3.8) is 0 Å². The Kier molecular flexibility index (Phi) is 7.33. The molecular weight excluding hydrogens is 351 g/mol. The molecule has 1 aromatic rings. The molecule has 148 valence electrons. The molecule has 0 saturated heterocycles. The van der Waals surface area contributed by atoms with Crippen molar-refractivity contribution in [2.45, 2.75) is 64.6 Å². The summed E-state index contributed by atoms with van der Waals surface area (Å²) in [5, 5.41) is 5.49. The van der Waals surface area contributed by atoms with E-state index in [1.807, 2.05) is 0 Å². The zero-order valence-corrected chi connectivity index (χ0v) is 16.0. The molecule has 1 aromatic carbocycles. The Morgan fingerprint density at radius 2 is 1.67 bits per heavy atom. The quantitative estimate of drug-likeness (QED) is 0.714. The highest BCUT2D eigenvalue weighted by atomic mass is 19.1. The Morgan fingerprint density at radius 1 is 1.07 bits per heavy atom. The van der Waals surface area contributed by atoms with Crippen LogP contribution in [-0.4, -0.2) is 36.0 Å². The van der Waals surface area contributed by atoms with Gasteiger partial charge in [-0.3, -0.25) is 9.59 Å². The van der Waals surface area contributed by atoms with Gasteiger partial charge >= 0.3 is 5.97 Å². The second-order valence-electron chi connectivity index (χ2n) is 7.27. The van der Waals surface area contributed by atoms with Gasteiger partial charge in [0.15, 0.2) is 6.10 Å². The first-order chi connectivity index (χ1) is 12.8. The summed E-state index contributed by atoms with van der Waals surface area (Å²) in [6, 6.07) is 4.25. The van der Waals surface area contributed by atoms with Crippen molar-refractivity contribution in [1.29, 1.82) is 0 Å². The number of ether oxygens (including phenoxy) is 1. The Bertz CT molecular complexity index is 669. The average Bonchev–Trinajstić information content (AvgIpc) is 3.12. The highest BCUT2D eigenvalue weighted by molar-refractivity contribution is 5.97. The summed E-state index contributed by atoms with van der Waals surface area (Å²) >= 11 is 0. The van der Waals surface area contributed by atoms with Crippen molar-refractivity contribution in [1.82, 2.24) is 10.6 Å². The number of carbonyl (C=O) groups is 3. The van der Waals surface area contributed by atoms with E-state index in [1.54, 1.807) is 13.8 Å². The monoisotopic (exact) mass is 378 g/mol. The fourth-order valence-corrected chi connectivity index (χ4v) is 3.01. The average molecular weight is 378 g/mol. The van der Waals surface area contributed by atoms with E-state index in [9.17, 15) is 18.8 Å². The van der Waals surface area contributed by atoms with E-state index in [-0.39, 0.29) is 23.4 Å². The topological polar surface area (TPSA) is 84.5 Å². The molecule has 0 bridgehead atoms. The highest BCUT2D eigenvalue weighted by Gasteiger charge is 2.30. The highest BCUT2D eigenvalue weighted by Crippen LogP contribution is 2.18. The lowest BCUT2D eigenvalue weighted by Crippen LogP contribution is -2.48. The van der Waals surface area contributed by atoms with E-state index in [0.717, 1.165) is 25.7 Å². The van der Waals surface area contributed by atoms with Crippen LogP contribution < -0.4 is 10.6 Å². The normalized spacial score (nSPS) is 16.6. The second kappa shape index (κ2) is 9.48. The number of hydrogen-bond donors (Lipinski definition) is 2. The molecule has 2 rings (SSSR count). The maximum atomic E-state index is 13.0. The van der Waals surface area contributed by atoms with Crippen molar-refractivity contribution in [2.24, 2.45) is 5.92 Å². The number of amides is 2. The molecule has 2 amide bonds. The van der Waals surface area contributed by atoms with Crippen LogP contribution >= 0.6 is 0 Å². The molecule has 2 N–H and O–H groups in total. The molecule has 7 heteroatoms. The van der Waals surface area contributed by atoms with Crippen LogP contribution in [0.1, 0.15) is 56.8 Å². The van der Waals surface area contributed by atoms with Gasteiger partial charge in [-0.05, 0) is 49.9 Å². The molecule has 0 heterocycles. The van der Waals surface area contributed by atoms with Crippen LogP contribution in [0.2, 0.25) is 0 Å². The van der Waals surface area contributed by atoms with Crippen molar-refractivity contribution < 1.29 is 23.5 Å². The molecule has 1 aliphatic carbocycles. The lowest BCUT2D eigenvalue weighted by Gasteiger charge is -2.23. The van der Waals surface area contributed by atoms with Gasteiger partial charge in [0.05, 0.1) is 0 Å². The maximum absolute atomic E-state index is 13.0. The lowest BCUT2D eigenvalue weighted by molar-refractivity contribution is -0.157. The largest absolute Gasteiger partial charge is 0.451 e. The third kappa shape index (κ3) is 6.05. The van der Waals surface area contributed by atoms with Gasteiger partial charge < -0.3 is 15.4 Å². The second-order valence-corrected chi connectivity index (χ2v) is 7.27. The lowest BCUT2D eigenvalue weighted by atomic mass is 10.0. The molecule has 27 heavy (non-hydrogen) atoms. The molecule has 6 nitrogen and oxygen atoms in total. The minimum Gasteiger partial charge on any atom is -0.451 e. The van der Waals surface area contributed by atoms with Crippen LogP contribution in [0.5, 0.6) is 0 Å². The van der Waals surface area contributed by atoms with Crippen molar-refractivity contribution in [2.75, 3.05) is 0 Å². The summed E-state index contributed by atoms with van der Waals surface area (Å²) in [6.45, 7) is 5.04. The zero-order valence-electron chi connectivity index (χ0n) is 16.0. The molecule has 0 aliphatic heterocycles. The Labute approximate surface area is 158 Å². The smallest absolute Gasteiger partial charge is 0.329 e. The Morgan fingerprint density at radius 3 is 2.22 bits per heavy atom. The van der Waals surface area contributed by atoms with E-state index in [4.69, 9.17) is 4.74 Å². The van der Waals surface area contributed by atoms with Gasteiger partial charge in [0.2, 0.25) is 0 Å². The third-order valence-electron chi connectivity index (χ3n) is 4.68. The fourth-order valence-electron chi connectivity index (χ4n) is 3.01. The van der Waals surface area contributed by atoms with Gasteiger partial charge in [-0.15, -0.1) is 0 Å². The van der Waals surface area contributed by atoms with Gasteiger partial charge in [0.25, 0.3) is 11.8 Å². The first-order valence-corrected chi connectivity index (χ1v) is 9.35. The summed E-state index contributed by atoms with van der Waals surface area (Å²) in [6.07, 6.45) is 3.11. The number of benzene rings is 1. The predicted octanol–water partition coefficient (Wildman–Crippen LogP) is 2.57. The minimum atomic E-state index is -0.943. The molecule has 1 saturated carbocycles. The molecule has 0 radical (unpaired) electrons. The van der Waals surface area contributed by atoms with Crippen LogP contribution in [0, 0.1) is 11.7 Å². The summed E-state index contributed by atoms with van der Waals surface area (Å²) in [5.74, 6) is -2.20. The van der Waals surface area contributed by atoms with E-state index >= 15 is 0 Å². The number of hydrogen-bond acceptors (Lipinski definition) is 4. The molecule has 1 aliphatic rings. The predicted molar refractivity (Wildman–Crippen MR) is 98.4 cm³/mol. The van der Waals surface area contributed by atoms with Crippen LogP contribution in [0.4, 0.5) is 4.39 Å². The summed E-state index contributed by atoms with van der Waals surface area (Å²) in [5.41, 5.74) is 0.238. The number of carbonyl (C=O) groups excluding carboxylic acids is 3. The molecule has 0 aromatic heterocycles. The maximum Gasteiger partial charge on any atom is 0.329 e. The summed E-state index contributed by atoms with van der Waals surface area (Å²) < 4.78 is 18.3. The van der Waals surface area contributed by atoms with Gasteiger partial charge in [-0.1, -0.05) is 26.7 Å². The van der Waals surface area contributed by atoms with Crippen LogP contribution in [0.15, 0.2) is 24.3 Å². The molecule has 2 atom stereocenters. The van der Waals surface area contributed by atoms with Gasteiger partial charge in [-0.25, -0.2) is 9.18 Å². The molecular formula is C20H27FN2O4. The van der Waals surface area contributed by atoms with E-state index < -0.39 is 29.8 Å². The first-order valence-electron chi connectivity index (χ1n) is 9.35. The molecule has 0 unspecified atom stereocenters. The fraction of sp³-hybridized carbons (Fsp3) is 0.550. The number of halogens is 1. The first kappa shape index (κ1) is 20.9. The van der Waals surface area contributed by atoms with Crippen LogP contribution in [-0.2, 0) is 14.3 Å². The zero-order chi connectivity index (χ0) is 20.0. The van der Waals surface area contributed by atoms with Crippen LogP contribution in [0.3, 0.4) is 0 Å². The van der Waals surface area contributed by atoms with E-state index in [1.165, 1.54) is 31.2 Å². The minimum absolute atomic E-state index is 0.137. The Hall–Kier alpha value is -2.44. The molecule has 0 spiro atoms. The number of rotatable bonds is 7. The van der Waals surface area contributed by atoms with E-state index in [0.29, 0.717) is 0 Å². The van der Waals surface area contributed by atoms with Gasteiger partial charge in [0, 0.05) is 11.6 Å². The van der Waals surface area contributed by atoms with Crippen molar-refractivity contribution in [3.05, 3.63) is 35.6 Å². The number of nitrogens with one attached hydrogen (secondary N) is 2. The van der Waals surface area contributed by atoms with Gasteiger partial charge in [-0.2, -0.15) is 0 Å². The Balaban J connectivity index is 1.94. The number of esters is 1. The van der Waals surface area contributed by atoms with Gasteiger partial charge in [0.1, 0.15) is 11.9 Å². The third-order valence-corrected chi connectivity index (χ3v) is 4.68. The standard InChI is InChI=1S/C20H27FN2O4/c1-12(2)17(23-19(25)14-8-10-15(21)11-9-14)20(26)27-13(3)18(24)22-16-6-4-5-7-16/h8-13,16-17H,4-7H2,1-3H3,(H,22,24)(H,23,25)/t13-,17-/m1/s1. The summed E-state index contributed by atoms with van der Waals surface area (Å²) in [7, 11) is 0. The SMILES string of the molecule is CC(C)[C@@H](NC(=O)c1ccc(F)cc1)C(=O)O[C@H](C)C(=O)NC1CCCC1. The van der Waals surface area contributed by atoms with E-state index in [2.05, 4.69) is 10.6 Å².